The lowest BCUT2D eigenvalue weighted by Crippen LogP contribution is -2.29. The van der Waals surface area contributed by atoms with E-state index >= 15 is 0 Å². The molecule has 1 amide bonds. The van der Waals surface area contributed by atoms with Gasteiger partial charge in [0.15, 0.2) is 5.17 Å². The molecule has 0 spiro atoms. The van der Waals surface area contributed by atoms with Crippen LogP contribution in [-0.2, 0) is 4.79 Å². The number of aromatic nitrogens is 1. The number of hydrogen-bond acceptors (Lipinski definition) is 7. The number of rotatable bonds is 2. The Morgan fingerprint density at radius 2 is 1.79 bits per heavy atom. The fraction of sp³-hybridized carbons (Fsp3) is 0.115. The maximum Gasteiger partial charge on any atom is 0.274 e. The Labute approximate surface area is 210 Å². The average molecular weight is 501 g/mol. The van der Waals surface area contributed by atoms with Gasteiger partial charge >= 0.3 is 0 Å². The molecular formula is C26H20N4OS3. The Kier molecular flexibility index (Phi) is 5.24. The van der Waals surface area contributed by atoms with Crippen LogP contribution in [-0.4, -0.2) is 23.1 Å². The van der Waals surface area contributed by atoms with E-state index in [4.69, 9.17) is 4.99 Å². The zero-order valence-corrected chi connectivity index (χ0v) is 21.2. The first-order chi connectivity index (χ1) is 16.5. The number of anilines is 2. The molecule has 5 nitrogen and oxygen atoms in total. The highest BCUT2D eigenvalue weighted by Crippen LogP contribution is 2.50. The summed E-state index contributed by atoms with van der Waals surface area (Å²) in [5.41, 5.74) is 4.82. The van der Waals surface area contributed by atoms with Crippen molar-refractivity contribution in [3.8, 4) is 0 Å². The van der Waals surface area contributed by atoms with Crippen molar-refractivity contribution in [3.05, 3.63) is 87.2 Å². The first-order valence-corrected chi connectivity index (χ1v) is 13.2. The highest BCUT2D eigenvalue weighted by atomic mass is 32.2. The quantitative estimate of drug-likeness (QED) is 0.275. The maximum absolute atomic E-state index is 13.8. The summed E-state index contributed by atoms with van der Waals surface area (Å²) in [6, 6.07) is 22.2. The molecule has 168 valence electrons. The molecule has 4 aromatic rings. The first kappa shape index (κ1) is 21.5. The molecule has 3 aromatic carbocycles. The van der Waals surface area contributed by atoms with E-state index in [0.717, 1.165) is 47.8 Å². The van der Waals surface area contributed by atoms with E-state index in [9.17, 15) is 4.79 Å². The van der Waals surface area contributed by atoms with E-state index < -0.39 is 0 Å². The van der Waals surface area contributed by atoms with E-state index in [1.54, 1.807) is 28.0 Å². The van der Waals surface area contributed by atoms with Gasteiger partial charge in [-0.1, -0.05) is 36.0 Å². The van der Waals surface area contributed by atoms with Crippen LogP contribution in [0.15, 0.2) is 86.6 Å². The van der Waals surface area contributed by atoms with Crippen LogP contribution in [0.5, 0.6) is 0 Å². The molecule has 1 aromatic heterocycles. The molecule has 2 aliphatic heterocycles. The molecule has 1 saturated heterocycles. The molecule has 0 radical (unpaired) electrons. The fourth-order valence-electron chi connectivity index (χ4n) is 4.08. The Morgan fingerprint density at radius 1 is 0.941 bits per heavy atom. The van der Waals surface area contributed by atoms with Gasteiger partial charge in [0.25, 0.3) is 5.91 Å². The molecule has 0 aliphatic carbocycles. The van der Waals surface area contributed by atoms with Crippen LogP contribution in [0.25, 0.3) is 10.2 Å². The number of amides is 1. The van der Waals surface area contributed by atoms with Crippen LogP contribution in [0.4, 0.5) is 17.1 Å². The first-order valence-electron chi connectivity index (χ1n) is 10.8. The lowest BCUT2D eigenvalue weighted by atomic mass is 10.2. The Morgan fingerprint density at radius 3 is 2.62 bits per heavy atom. The molecule has 0 unspecified atom stereocenters. The number of hydrogen-bond donors (Lipinski definition) is 0. The highest BCUT2D eigenvalue weighted by Gasteiger charge is 2.40. The minimum Gasteiger partial charge on any atom is -0.337 e. The number of aryl methyl sites for hydroxylation is 2. The third kappa shape index (κ3) is 3.62. The predicted molar refractivity (Wildman–Crippen MR) is 145 cm³/mol. The number of fused-ring (bicyclic) bond motifs is 2. The van der Waals surface area contributed by atoms with Gasteiger partial charge in [-0.25, -0.2) is 9.98 Å². The van der Waals surface area contributed by atoms with Gasteiger partial charge in [0, 0.05) is 11.9 Å². The fourth-order valence-corrected chi connectivity index (χ4v) is 7.29. The summed E-state index contributed by atoms with van der Waals surface area (Å²) in [5, 5.41) is 2.62. The van der Waals surface area contributed by atoms with E-state index in [-0.39, 0.29) is 5.91 Å². The molecule has 3 heterocycles. The van der Waals surface area contributed by atoms with Gasteiger partial charge in [-0.2, -0.15) is 0 Å². The van der Waals surface area contributed by atoms with Crippen LogP contribution in [0, 0.1) is 13.8 Å². The smallest absolute Gasteiger partial charge is 0.274 e. The second-order valence-corrected chi connectivity index (χ2v) is 11.4. The average Bonchev–Trinajstić information content (AvgIpc) is 3.46. The highest BCUT2D eigenvalue weighted by molar-refractivity contribution is 8.20. The summed E-state index contributed by atoms with van der Waals surface area (Å²) in [6.45, 7) is 4.04. The van der Waals surface area contributed by atoms with Crippen molar-refractivity contribution in [2.24, 2.45) is 4.99 Å². The third-order valence-electron chi connectivity index (χ3n) is 5.68. The second-order valence-electron chi connectivity index (χ2n) is 8.12. The van der Waals surface area contributed by atoms with E-state index in [1.807, 2.05) is 75.5 Å². The molecule has 0 bridgehead atoms. The Balaban J connectivity index is 1.47. The van der Waals surface area contributed by atoms with Crippen molar-refractivity contribution in [2.75, 3.05) is 16.8 Å². The molecule has 8 heteroatoms. The number of nitrogens with zero attached hydrogens (tertiary/aromatic N) is 4. The molecular weight excluding hydrogens is 481 g/mol. The van der Waals surface area contributed by atoms with Gasteiger partial charge in [-0.05, 0) is 73.6 Å². The van der Waals surface area contributed by atoms with Crippen LogP contribution in [0.2, 0.25) is 0 Å². The maximum atomic E-state index is 13.8. The van der Waals surface area contributed by atoms with Gasteiger partial charge in [0.2, 0.25) is 0 Å². The minimum atomic E-state index is -0.0498. The van der Waals surface area contributed by atoms with Crippen LogP contribution in [0.1, 0.15) is 10.6 Å². The van der Waals surface area contributed by atoms with Crippen molar-refractivity contribution < 1.29 is 4.79 Å². The van der Waals surface area contributed by atoms with Crippen molar-refractivity contribution in [2.45, 2.75) is 18.7 Å². The van der Waals surface area contributed by atoms with E-state index in [2.05, 4.69) is 22.0 Å². The largest absolute Gasteiger partial charge is 0.337 e. The minimum absolute atomic E-state index is 0.0498. The Bertz CT molecular complexity index is 1540. The topological polar surface area (TPSA) is 48.8 Å². The van der Waals surface area contributed by atoms with Gasteiger partial charge in [0.05, 0.1) is 37.3 Å². The van der Waals surface area contributed by atoms with Gasteiger partial charge in [0.1, 0.15) is 4.91 Å². The molecule has 6 rings (SSSR count). The normalized spacial score (nSPS) is 19.0. The van der Waals surface area contributed by atoms with Crippen molar-refractivity contribution >= 4 is 73.2 Å². The summed E-state index contributed by atoms with van der Waals surface area (Å²) >= 11 is 4.72. The number of aliphatic imine (C=N–C) groups is 1. The summed E-state index contributed by atoms with van der Waals surface area (Å²) in [7, 11) is 2.02. The van der Waals surface area contributed by atoms with Crippen LogP contribution < -0.4 is 9.80 Å². The Hall–Kier alpha value is -3.07. The van der Waals surface area contributed by atoms with Crippen molar-refractivity contribution in [3.63, 3.8) is 0 Å². The molecule has 0 N–H and O–H groups in total. The van der Waals surface area contributed by atoms with Crippen molar-refractivity contribution in [1.29, 1.82) is 0 Å². The molecule has 34 heavy (non-hydrogen) atoms. The van der Waals surface area contributed by atoms with E-state index in [1.165, 1.54) is 11.8 Å². The van der Waals surface area contributed by atoms with Gasteiger partial charge in [-0.15, -0.1) is 11.3 Å². The van der Waals surface area contributed by atoms with Crippen molar-refractivity contribution in [1.82, 2.24) is 4.98 Å². The zero-order valence-electron chi connectivity index (χ0n) is 18.8. The summed E-state index contributed by atoms with van der Waals surface area (Å²) in [6.07, 6.45) is 0. The molecule has 2 aliphatic rings. The lowest BCUT2D eigenvalue weighted by Gasteiger charge is -2.17. The van der Waals surface area contributed by atoms with Gasteiger partial charge in [-0.3, -0.25) is 9.69 Å². The van der Waals surface area contributed by atoms with Gasteiger partial charge < -0.3 is 4.90 Å². The predicted octanol–water partition coefficient (Wildman–Crippen LogP) is 7.09. The number of thiazole rings is 1. The molecule has 0 atom stereocenters. The number of carbonyl (C=O) groups excluding carboxylic acids is 1. The monoisotopic (exact) mass is 500 g/mol. The number of para-hydroxylation sites is 1. The number of carbonyl (C=O) groups is 1. The summed E-state index contributed by atoms with van der Waals surface area (Å²) in [4.78, 5) is 29.0. The van der Waals surface area contributed by atoms with E-state index in [0.29, 0.717) is 10.1 Å². The SMILES string of the molecule is Cc1cccc(N2C(=O)/C(=C3/Sc4ccccc4N3C)SC2=Nc2ccc3nc(C)sc3c2)c1. The molecule has 1 fully saturated rings. The number of thioether (sulfide) groups is 2. The number of benzene rings is 3. The lowest BCUT2D eigenvalue weighted by molar-refractivity contribution is -0.113. The number of amidine groups is 1. The summed E-state index contributed by atoms with van der Waals surface area (Å²) < 4.78 is 1.09. The second kappa shape index (κ2) is 8.30. The van der Waals surface area contributed by atoms with Crippen LogP contribution in [0.3, 0.4) is 0 Å². The van der Waals surface area contributed by atoms with Crippen LogP contribution >= 0.6 is 34.9 Å². The standard InChI is InChI=1S/C26H20N4OS3/c1-15-7-6-8-18(13-15)30-24(31)23(25-29(3)20-9-4-5-10-21(20)33-25)34-26(30)28-17-11-12-19-22(14-17)32-16(2)27-19/h4-14H,1-3H3/b25-23-,28-26?. The summed E-state index contributed by atoms with van der Waals surface area (Å²) in [5.74, 6) is -0.0498. The molecule has 0 saturated carbocycles. The zero-order chi connectivity index (χ0) is 23.4. The third-order valence-corrected chi connectivity index (χ3v) is 9.01.